The van der Waals surface area contributed by atoms with Gasteiger partial charge in [0.05, 0.1) is 13.7 Å². The summed E-state index contributed by atoms with van der Waals surface area (Å²) in [6.45, 7) is 1.50. The molecule has 0 amide bonds. The topological polar surface area (TPSA) is 53.7 Å². The third kappa shape index (κ3) is 3.25. The first kappa shape index (κ1) is 13.7. The Labute approximate surface area is 120 Å². The number of hydrogen-bond acceptors (Lipinski definition) is 4. The van der Waals surface area contributed by atoms with Crippen LogP contribution >= 0.6 is 0 Å². The zero-order valence-electron chi connectivity index (χ0n) is 12.1. The monoisotopic (exact) mass is 277 g/mol. The molecule has 1 heterocycles. The van der Waals surface area contributed by atoms with Gasteiger partial charge in [0.1, 0.15) is 6.10 Å². The van der Waals surface area contributed by atoms with Gasteiger partial charge in [0, 0.05) is 12.1 Å². The third-order valence-electron chi connectivity index (χ3n) is 4.09. The maximum Gasteiger partial charge on any atom is 0.161 e. The van der Waals surface area contributed by atoms with Gasteiger partial charge in [-0.05, 0) is 49.8 Å². The van der Waals surface area contributed by atoms with Gasteiger partial charge in [-0.25, -0.2) is 0 Å². The van der Waals surface area contributed by atoms with E-state index in [4.69, 9.17) is 19.9 Å². The largest absolute Gasteiger partial charge is 0.493 e. The summed E-state index contributed by atoms with van der Waals surface area (Å²) in [5.41, 5.74) is 7.43. The van der Waals surface area contributed by atoms with Crippen molar-refractivity contribution < 1.29 is 14.2 Å². The molecule has 2 N–H and O–H groups in total. The number of ether oxygens (including phenoxy) is 3. The summed E-state index contributed by atoms with van der Waals surface area (Å²) in [5, 5.41) is 0. The van der Waals surface area contributed by atoms with Crippen molar-refractivity contribution in [2.45, 2.75) is 43.7 Å². The first-order chi connectivity index (χ1) is 9.68. The van der Waals surface area contributed by atoms with Gasteiger partial charge in [-0.2, -0.15) is 0 Å². The van der Waals surface area contributed by atoms with E-state index < -0.39 is 0 Å². The Morgan fingerprint density at radius 3 is 2.85 bits per heavy atom. The van der Waals surface area contributed by atoms with E-state index in [0.29, 0.717) is 6.61 Å². The van der Waals surface area contributed by atoms with Crippen LogP contribution in [-0.2, 0) is 11.2 Å². The zero-order valence-corrected chi connectivity index (χ0v) is 12.1. The van der Waals surface area contributed by atoms with Crippen molar-refractivity contribution in [3.63, 3.8) is 0 Å². The number of nitrogens with two attached hydrogens (primary N) is 1. The van der Waals surface area contributed by atoms with Crippen LogP contribution in [0.5, 0.6) is 11.5 Å². The van der Waals surface area contributed by atoms with Crippen molar-refractivity contribution >= 4 is 0 Å². The molecular formula is C16H23NO3. The van der Waals surface area contributed by atoms with Gasteiger partial charge in [-0.3, -0.25) is 0 Å². The second-order valence-electron chi connectivity index (χ2n) is 5.98. The summed E-state index contributed by atoms with van der Waals surface area (Å²) >= 11 is 0. The highest BCUT2D eigenvalue weighted by atomic mass is 16.5. The Hall–Kier alpha value is -1.26. The molecule has 1 saturated carbocycles. The third-order valence-corrected chi connectivity index (χ3v) is 4.09. The molecular weight excluding hydrogens is 254 g/mol. The molecule has 2 aliphatic rings. The molecule has 1 saturated heterocycles. The van der Waals surface area contributed by atoms with Gasteiger partial charge in [0.2, 0.25) is 0 Å². The fourth-order valence-electron chi connectivity index (χ4n) is 2.65. The molecule has 4 nitrogen and oxygen atoms in total. The van der Waals surface area contributed by atoms with Crippen LogP contribution in [0.25, 0.3) is 0 Å². The average Bonchev–Trinajstić information content (AvgIpc) is 3.18. The fraction of sp³-hybridized carbons (Fsp3) is 0.625. The minimum absolute atomic E-state index is 0.0137. The minimum Gasteiger partial charge on any atom is -0.493 e. The van der Waals surface area contributed by atoms with E-state index in [9.17, 15) is 0 Å². The zero-order chi connectivity index (χ0) is 14.0. The second-order valence-corrected chi connectivity index (χ2v) is 5.98. The highest BCUT2D eigenvalue weighted by Gasteiger charge is 2.38. The first-order valence-corrected chi connectivity index (χ1v) is 7.39. The predicted molar refractivity (Wildman–Crippen MR) is 77.3 cm³/mol. The normalized spacial score (nSPS) is 24.2. The van der Waals surface area contributed by atoms with Crippen LogP contribution in [0.2, 0.25) is 0 Å². The number of methoxy groups -OCH3 is 1. The van der Waals surface area contributed by atoms with Gasteiger partial charge in [0.25, 0.3) is 0 Å². The van der Waals surface area contributed by atoms with Crippen molar-refractivity contribution in [3.8, 4) is 11.5 Å². The summed E-state index contributed by atoms with van der Waals surface area (Å²) < 4.78 is 16.9. The van der Waals surface area contributed by atoms with E-state index in [1.165, 1.54) is 5.56 Å². The lowest BCUT2D eigenvalue weighted by Gasteiger charge is -2.24. The van der Waals surface area contributed by atoms with E-state index in [1.54, 1.807) is 7.11 Å². The summed E-state index contributed by atoms with van der Waals surface area (Å²) in [5.74, 6) is 1.59. The van der Waals surface area contributed by atoms with Crippen molar-refractivity contribution in [2.24, 2.45) is 5.73 Å². The van der Waals surface area contributed by atoms with Gasteiger partial charge < -0.3 is 19.9 Å². The van der Waals surface area contributed by atoms with Gasteiger partial charge in [-0.15, -0.1) is 0 Å². The molecule has 0 aromatic heterocycles. The van der Waals surface area contributed by atoms with Gasteiger partial charge in [-0.1, -0.05) is 6.07 Å². The summed E-state index contributed by atoms with van der Waals surface area (Å²) in [6, 6.07) is 6.12. The molecule has 0 radical (unpaired) electrons. The van der Waals surface area contributed by atoms with Crippen LogP contribution in [0.4, 0.5) is 0 Å². The highest BCUT2D eigenvalue weighted by molar-refractivity contribution is 5.44. The standard InChI is InChI=1S/C16H23NO3/c1-18-14-5-4-12(10-16(17)6-7-16)9-15(14)20-13-3-2-8-19-11-13/h4-5,9,13H,2-3,6-8,10-11,17H2,1H3. The molecule has 20 heavy (non-hydrogen) atoms. The molecule has 1 atom stereocenters. The Morgan fingerprint density at radius 2 is 2.20 bits per heavy atom. The second kappa shape index (κ2) is 5.62. The Morgan fingerprint density at radius 1 is 1.35 bits per heavy atom. The highest BCUT2D eigenvalue weighted by Crippen LogP contribution is 2.38. The average molecular weight is 277 g/mol. The van der Waals surface area contributed by atoms with Gasteiger partial charge in [0.15, 0.2) is 11.5 Å². The van der Waals surface area contributed by atoms with Crippen LogP contribution in [0.1, 0.15) is 31.2 Å². The van der Waals surface area contributed by atoms with Crippen molar-refractivity contribution in [2.75, 3.05) is 20.3 Å². The Kier molecular flexibility index (Phi) is 3.85. The summed E-state index contributed by atoms with van der Waals surface area (Å²) in [4.78, 5) is 0. The number of benzene rings is 1. The van der Waals surface area contributed by atoms with E-state index in [1.807, 2.05) is 6.07 Å². The predicted octanol–water partition coefficient (Wildman–Crippen LogP) is 2.29. The number of rotatable bonds is 5. The SMILES string of the molecule is COc1ccc(CC2(N)CC2)cc1OC1CCCOC1. The van der Waals surface area contributed by atoms with Crippen LogP contribution in [0.15, 0.2) is 18.2 Å². The lowest BCUT2D eigenvalue weighted by Crippen LogP contribution is -2.28. The van der Waals surface area contributed by atoms with Crippen molar-refractivity contribution in [1.29, 1.82) is 0 Å². The quantitative estimate of drug-likeness (QED) is 0.897. The molecule has 1 aromatic carbocycles. The molecule has 0 spiro atoms. The molecule has 3 rings (SSSR count). The molecule has 1 unspecified atom stereocenters. The van der Waals surface area contributed by atoms with Crippen LogP contribution in [0, 0.1) is 0 Å². The molecule has 0 bridgehead atoms. The molecule has 4 heteroatoms. The maximum absolute atomic E-state index is 6.19. The van der Waals surface area contributed by atoms with E-state index >= 15 is 0 Å². The molecule has 110 valence electrons. The lowest BCUT2D eigenvalue weighted by molar-refractivity contribution is 0.00641. The smallest absolute Gasteiger partial charge is 0.161 e. The van der Waals surface area contributed by atoms with Crippen molar-refractivity contribution in [1.82, 2.24) is 0 Å². The minimum atomic E-state index is 0.0137. The van der Waals surface area contributed by atoms with E-state index in [-0.39, 0.29) is 11.6 Å². The van der Waals surface area contributed by atoms with Gasteiger partial charge >= 0.3 is 0 Å². The first-order valence-electron chi connectivity index (χ1n) is 7.39. The fourth-order valence-corrected chi connectivity index (χ4v) is 2.65. The van der Waals surface area contributed by atoms with Crippen LogP contribution in [0.3, 0.4) is 0 Å². The van der Waals surface area contributed by atoms with Crippen molar-refractivity contribution in [3.05, 3.63) is 23.8 Å². The van der Waals surface area contributed by atoms with E-state index in [0.717, 1.165) is 50.2 Å². The molecule has 1 aliphatic heterocycles. The Balaban J connectivity index is 1.73. The Bertz CT molecular complexity index is 465. The van der Waals surface area contributed by atoms with Crippen LogP contribution in [-0.4, -0.2) is 32.0 Å². The molecule has 2 fully saturated rings. The maximum atomic E-state index is 6.19. The molecule has 1 aliphatic carbocycles. The number of hydrogen-bond donors (Lipinski definition) is 1. The molecule has 1 aromatic rings. The summed E-state index contributed by atoms with van der Waals surface area (Å²) in [7, 11) is 1.67. The lowest BCUT2D eigenvalue weighted by atomic mass is 10.0. The van der Waals surface area contributed by atoms with E-state index in [2.05, 4.69) is 12.1 Å². The van der Waals surface area contributed by atoms with Crippen LogP contribution < -0.4 is 15.2 Å². The summed E-state index contributed by atoms with van der Waals surface area (Å²) in [6.07, 6.45) is 5.36.